The molecule has 1 aromatic rings. The second-order valence-corrected chi connectivity index (χ2v) is 5.96. The average Bonchev–Trinajstić information content (AvgIpc) is 2.18. The number of benzene rings is 1. The molecule has 1 unspecified atom stereocenters. The molecule has 0 radical (unpaired) electrons. The van der Waals surface area contributed by atoms with Crippen LogP contribution in [0, 0.1) is 17.2 Å². The largest absolute Gasteiger partial charge is 0.396 e. The third kappa shape index (κ3) is 3.29. The fourth-order valence-corrected chi connectivity index (χ4v) is 2.04. The molecule has 0 amide bonds. The van der Waals surface area contributed by atoms with Gasteiger partial charge in [0, 0.05) is 6.61 Å². The lowest BCUT2D eigenvalue weighted by molar-refractivity contribution is 0.131. The molecule has 90 valence electrons. The Hall–Kier alpha value is -0.410. The van der Waals surface area contributed by atoms with Gasteiger partial charge in [-0.25, -0.2) is 4.39 Å². The van der Waals surface area contributed by atoms with Crippen molar-refractivity contribution < 1.29 is 9.50 Å². The molecule has 0 bridgehead atoms. The predicted molar refractivity (Wildman–Crippen MR) is 67.8 cm³/mol. The van der Waals surface area contributed by atoms with Gasteiger partial charge in [0.2, 0.25) is 0 Å². The fraction of sp³-hybridized carbons (Fsp3) is 0.538. The zero-order valence-corrected chi connectivity index (χ0v) is 11.5. The van der Waals surface area contributed by atoms with E-state index in [0.29, 0.717) is 10.9 Å². The maximum atomic E-state index is 13.3. The minimum Gasteiger partial charge on any atom is -0.396 e. The lowest BCUT2D eigenvalue weighted by Gasteiger charge is -2.29. The number of rotatable bonds is 3. The van der Waals surface area contributed by atoms with Crippen LogP contribution in [-0.4, -0.2) is 11.7 Å². The molecule has 1 nitrogen and oxygen atoms in total. The van der Waals surface area contributed by atoms with Crippen LogP contribution in [0.25, 0.3) is 0 Å². The van der Waals surface area contributed by atoms with Gasteiger partial charge >= 0.3 is 0 Å². The van der Waals surface area contributed by atoms with Crippen molar-refractivity contribution in [2.24, 2.45) is 11.3 Å². The van der Waals surface area contributed by atoms with Gasteiger partial charge in [0.1, 0.15) is 5.82 Å². The Morgan fingerprint density at radius 3 is 2.50 bits per heavy atom. The third-order valence-corrected chi connectivity index (χ3v) is 3.83. The molecule has 0 fully saturated rings. The molecule has 0 aliphatic carbocycles. The summed E-state index contributed by atoms with van der Waals surface area (Å²) in [5, 5.41) is 9.37. The minimum atomic E-state index is -0.247. The number of aliphatic hydroxyl groups is 1. The van der Waals surface area contributed by atoms with Crippen molar-refractivity contribution in [1.82, 2.24) is 0 Å². The van der Waals surface area contributed by atoms with Gasteiger partial charge in [-0.2, -0.15) is 0 Å². The second kappa shape index (κ2) is 5.28. The first-order valence-electron chi connectivity index (χ1n) is 5.40. The fourth-order valence-electron chi connectivity index (χ4n) is 1.62. The van der Waals surface area contributed by atoms with Crippen molar-refractivity contribution in [3.63, 3.8) is 0 Å². The average molecular weight is 289 g/mol. The summed E-state index contributed by atoms with van der Waals surface area (Å²) in [5.41, 5.74) is 0.925. The molecule has 3 heteroatoms. The lowest BCUT2D eigenvalue weighted by Crippen LogP contribution is -2.26. The van der Waals surface area contributed by atoms with Crippen LogP contribution >= 0.6 is 15.9 Å². The smallest absolute Gasteiger partial charge is 0.137 e. The molecule has 0 aliphatic heterocycles. The van der Waals surface area contributed by atoms with E-state index in [-0.39, 0.29) is 23.8 Å². The summed E-state index contributed by atoms with van der Waals surface area (Å²) in [4.78, 5) is 0. The number of hydrogen-bond donors (Lipinski definition) is 1. The second-order valence-electron chi connectivity index (χ2n) is 5.16. The predicted octanol–water partition coefficient (Wildman–Crippen LogP) is 3.79. The molecular formula is C13H18BrFO. The normalized spacial score (nSPS) is 13.9. The van der Waals surface area contributed by atoms with Crippen molar-refractivity contribution in [3.05, 3.63) is 34.1 Å². The van der Waals surface area contributed by atoms with Crippen LogP contribution < -0.4 is 0 Å². The molecule has 1 N–H and O–H groups in total. The van der Waals surface area contributed by atoms with E-state index in [9.17, 15) is 9.50 Å². The van der Waals surface area contributed by atoms with E-state index < -0.39 is 0 Å². The van der Waals surface area contributed by atoms with E-state index in [1.165, 1.54) is 6.07 Å². The number of halogens is 2. The molecule has 0 heterocycles. The lowest BCUT2D eigenvalue weighted by atomic mass is 9.78. The van der Waals surface area contributed by atoms with Crippen LogP contribution in [-0.2, 0) is 6.42 Å². The highest BCUT2D eigenvalue weighted by Gasteiger charge is 2.25. The Morgan fingerprint density at radius 2 is 2.00 bits per heavy atom. The highest BCUT2D eigenvalue weighted by atomic mass is 79.9. The topological polar surface area (TPSA) is 20.2 Å². The van der Waals surface area contributed by atoms with Crippen molar-refractivity contribution in [3.8, 4) is 0 Å². The van der Waals surface area contributed by atoms with E-state index in [1.54, 1.807) is 6.07 Å². The van der Waals surface area contributed by atoms with Crippen molar-refractivity contribution >= 4 is 15.9 Å². The van der Waals surface area contributed by atoms with E-state index >= 15 is 0 Å². The monoisotopic (exact) mass is 288 g/mol. The molecule has 16 heavy (non-hydrogen) atoms. The number of hydrogen-bond acceptors (Lipinski definition) is 1. The Morgan fingerprint density at radius 1 is 1.38 bits per heavy atom. The van der Waals surface area contributed by atoms with E-state index in [4.69, 9.17) is 0 Å². The van der Waals surface area contributed by atoms with Gasteiger partial charge in [0.25, 0.3) is 0 Å². The van der Waals surface area contributed by atoms with Gasteiger partial charge in [0.15, 0.2) is 0 Å². The molecule has 0 saturated heterocycles. The third-order valence-electron chi connectivity index (χ3n) is 2.94. The Balaban J connectivity index is 2.91. The highest BCUT2D eigenvalue weighted by Crippen LogP contribution is 2.31. The molecule has 0 aliphatic rings. The van der Waals surface area contributed by atoms with Crippen LogP contribution in [0.4, 0.5) is 4.39 Å². The summed E-state index contributed by atoms with van der Waals surface area (Å²) >= 11 is 3.25. The first kappa shape index (κ1) is 13.7. The van der Waals surface area contributed by atoms with Gasteiger partial charge in [-0.3, -0.25) is 0 Å². The molecular weight excluding hydrogens is 271 g/mol. The van der Waals surface area contributed by atoms with Crippen molar-refractivity contribution in [1.29, 1.82) is 0 Å². The van der Waals surface area contributed by atoms with E-state index in [0.717, 1.165) is 5.56 Å². The molecule has 1 aromatic carbocycles. The molecule has 0 spiro atoms. The standard InChI is InChI=1S/C13H18BrFO/c1-13(2,3)10(8-16)7-9-5-4-6-11(15)12(9)14/h4-6,10,16H,7-8H2,1-3H3. The minimum absolute atomic E-state index is 0.0144. The van der Waals surface area contributed by atoms with Crippen LogP contribution in [0.2, 0.25) is 0 Å². The molecule has 1 rings (SSSR count). The van der Waals surface area contributed by atoms with Crippen molar-refractivity contribution in [2.75, 3.05) is 6.61 Å². The number of aliphatic hydroxyl groups excluding tert-OH is 1. The Kier molecular flexibility index (Phi) is 4.51. The van der Waals surface area contributed by atoms with E-state index in [1.807, 2.05) is 6.07 Å². The van der Waals surface area contributed by atoms with Gasteiger partial charge in [-0.1, -0.05) is 32.9 Å². The molecule has 0 saturated carbocycles. The summed E-state index contributed by atoms with van der Waals surface area (Å²) in [6, 6.07) is 5.02. The van der Waals surface area contributed by atoms with Crippen LogP contribution in [0.3, 0.4) is 0 Å². The van der Waals surface area contributed by atoms with Gasteiger partial charge in [-0.15, -0.1) is 0 Å². The molecule has 0 aromatic heterocycles. The summed E-state index contributed by atoms with van der Waals surface area (Å²) in [7, 11) is 0. The first-order valence-corrected chi connectivity index (χ1v) is 6.19. The van der Waals surface area contributed by atoms with Crippen LogP contribution in [0.1, 0.15) is 26.3 Å². The Bertz CT molecular complexity index is 357. The maximum Gasteiger partial charge on any atom is 0.137 e. The van der Waals surface area contributed by atoms with Gasteiger partial charge in [-0.05, 0) is 45.3 Å². The SMILES string of the molecule is CC(C)(C)C(CO)Cc1cccc(F)c1Br. The quantitative estimate of drug-likeness (QED) is 0.897. The Labute approximate surface area is 105 Å². The highest BCUT2D eigenvalue weighted by molar-refractivity contribution is 9.10. The first-order chi connectivity index (χ1) is 7.36. The van der Waals surface area contributed by atoms with Crippen LogP contribution in [0.15, 0.2) is 22.7 Å². The summed E-state index contributed by atoms with van der Waals surface area (Å²) in [5.74, 6) is -0.117. The van der Waals surface area contributed by atoms with Crippen LogP contribution in [0.5, 0.6) is 0 Å². The van der Waals surface area contributed by atoms with Gasteiger partial charge < -0.3 is 5.11 Å². The zero-order chi connectivity index (χ0) is 12.3. The molecule has 1 atom stereocenters. The maximum absolute atomic E-state index is 13.3. The van der Waals surface area contributed by atoms with Gasteiger partial charge in [0.05, 0.1) is 4.47 Å². The van der Waals surface area contributed by atoms with Crippen molar-refractivity contribution in [2.45, 2.75) is 27.2 Å². The summed E-state index contributed by atoms with van der Waals surface area (Å²) < 4.78 is 13.8. The zero-order valence-electron chi connectivity index (χ0n) is 9.93. The summed E-state index contributed by atoms with van der Waals surface area (Å²) in [6.07, 6.45) is 0.679. The van der Waals surface area contributed by atoms with E-state index in [2.05, 4.69) is 36.7 Å². The summed E-state index contributed by atoms with van der Waals surface area (Å²) in [6.45, 7) is 6.37.